The molecular weight excluding hydrogens is 154 g/mol. The summed E-state index contributed by atoms with van der Waals surface area (Å²) in [6.07, 6.45) is 4.46. The molecule has 1 aliphatic carbocycles. The zero-order valence-electron chi connectivity index (χ0n) is 6.99. The number of carboxylic acid groups (broad SMARTS) is 1. The average molecular weight is 167 g/mol. The molecule has 0 saturated heterocycles. The molecule has 0 unspecified atom stereocenters. The van der Waals surface area contributed by atoms with Crippen LogP contribution in [-0.2, 0) is 4.79 Å². The molecule has 0 aliphatic heterocycles. The van der Waals surface area contributed by atoms with Crippen LogP contribution >= 0.6 is 0 Å². The van der Waals surface area contributed by atoms with Crippen molar-refractivity contribution < 1.29 is 9.90 Å². The minimum atomic E-state index is -0.802. The van der Waals surface area contributed by atoms with Crippen LogP contribution in [0, 0.1) is 23.2 Å². The SMILES string of the molecule is N#C[C@H]1CCCCC[C@H]1C(=O)O. The van der Waals surface area contributed by atoms with Crippen molar-refractivity contribution in [2.75, 3.05) is 0 Å². The van der Waals surface area contributed by atoms with E-state index in [0.29, 0.717) is 6.42 Å². The van der Waals surface area contributed by atoms with Crippen molar-refractivity contribution in [3.05, 3.63) is 0 Å². The smallest absolute Gasteiger partial charge is 0.307 e. The summed E-state index contributed by atoms with van der Waals surface area (Å²) in [5, 5.41) is 17.5. The molecule has 0 aromatic rings. The van der Waals surface area contributed by atoms with Crippen LogP contribution < -0.4 is 0 Å². The number of hydrogen-bond acceptors (Lipinski definition) is 2. The van der Waals surface area contributed by atoms with Gasteiger partial charge in [-0.25, -0.2) is 0 Å². The third-order valence-electron chi connectivity index (χ3n) is 2.50. The van der Waals surface area contributed by atoms with Gasteiger partial charge in [0.15, 0.2) is 0 Å². The molecular formula is C9H13NO2. The van der Waals surface area contributed by atoms with Crippen LogP contribution in [0.15, 0.2) is 0 Å². The van der Waals surface area contributed by atoms with E-state index in [1.165, 1.54) is 0 Å². The number of hydrogen-bond donors (Lipinski definition) is 1. The molecule has 66 valence electrons. The van der Waals surface area contributed by atoms with Gasteiger partial charge in [-0.05, 0) is 12.8 Å². The first-order chi connectivity index (χ1) is 5.75. The first kappa shape index (κ1) is 9.05. The van der Waals surface area contributed by atoms with Crippen LogP contribution in [0.4, 0.5) is 0 Å². The molecule has 0 radical (unpaired) electrons. The standard InChI is InChI=1S/C9H13NO2/c10-6-7-4-2-1-3-5-8(7)9(11)12/h7-8H,1-5H2,(H,11,12)/t7-,8-/m1/s1. The lowest BCUT2D eigenvalue weighted by Crippen LogP contribution is -2.21. The highest BCUT2D eigenvalue weighted by atomic mass is 16.4. The van der Waals surface area contributed by atoms with E-state index in [1.807, 2.05) is 0 Å². The highest BCUT2D eigenvalue weighted by Crippen LogP contribution is 2.28. The highest BCUT2D eigenvalue weighted by molar-refractivity contribution is 5.70. The van der Waals surface area contributed by atoms with E-state index in [4.69, 9.17) is 10.4 Å². The Bertz CT molecular complexity index is 207. The van der Waals surface area contributed by atoms with E-state index >= 15 is 0 Å². The fourth-order valence-electron chi connectivity index (χ4n) is 1.76. The maximum atomic E-state index is 10.7. The lowest BCUT2D eigenvalue weighted by atomic mass is 9.89. The number of nitriles is 1. The summed E-state index contributed by atoms with van der Waals surface area (Å²) in [5.41, 5.74) is 0. The van der Waals surface area contributed by atoms with Crippen molar-refractivity contribution in [2.45, 2.75) is 32.1 Å². The Balaban J connectivity index is 2.65. The monoisotopic (exact) mass is 167 g/mol. The second-order valence-corrected chi connectivity index (χ2v) is 3.32. The normalized spacial score (nSPS) is 30.2. The maximum Gasteiger partial charge on any atom is 0.307 e. The van der Waals surface area contributed by atoms with Crippen molar-refractivity contribution in [2.24, 2.45) is 11.8 Å². The van der Waals surface area contributed by atoms with Crippen molar-refractivity contribution >= 4 is 5.97 Å². The van der Waals surface area contributed by atoms with Gasteiger partial charge in [0.05, 0.1) is 17.9 Å². The number of carbonyl (C=O) groups is 1. The summed E-state index contributed by atoms with van der Waals surface area (Å²) in [4.78, 5) is 10.7. The number of carboxylic acids is 1. The highest BCUT2D eigenvalue weighted by Gasteiger charge is 2.28. The van der Waals surface area contributed by atoms with Gasteiger partial charge < -0.3 is 5.11 Å². The Morgan fingerprint density at radius 2 is 2.00 bits per heavy atom. The van der Waals surface area contributed by atoms with E-state index in [2.05, 4.69) is 6.07 Å². The Morgan fingerprint density at radius 1 is 1.33 bits per heavy atom. The number of aliphatic carboxylic acids is 1. The Hall–Kier alpha value is -1.04. The molecule has 1 fully saturated rings. The van der Waals surface area contributed by atoms with Gasteiger partial charge in [0, 0.05) is 0 Å². The summed E-state index contributed by atoms with van der Waals surface area (Å²) < 4.78 is 0. The van der Waals surface area contributed by atoms with Crippen LogP contribution in [0.3, 0.4) is 0 Å². The van der Waals surface area contributed by atoms with Gasteiger partial charge in [-0.2, -0.15) is 5.26 Å². The summed E-state index contributed by atoms with van der Waals surface area (Å²) in [7, 11) is 0. The summed E-state index contributed by atoms with van der Waals surface area (Å²) >= 11 is 0. The minimum Gasteiger partial charge on any atom is -0.481 e. The van der Waals surface area contributed by atoms with E-state index < -0.39 is 11.9 Å². The van der Waals surface area contributed by atoms with Gasteiger partial charge in [0.1, 0.15) is 0 Å². The first-order valence-corrected chi connectivity index (χ1v) is 4.38. The Kier molecular flexibility index (Phi) is 3.09. The predicted octanol–water partition coefficient (Wildman–Crippen LogP) is 1.79. The van der Waals surface area contributed by atoms with E-state index in [1.54, 1.807) is 0 Å². The van der Waals surface area contributed by atoms with Crippen molar-refractivity contribution in [1.29, 1.82) is 5.26 Å². The summed E-state index contributed by atoms with van der Waals surface area (Å²) in [5.74, 6) is -1.48. The van der Waals surface area contributed by atoms with Gasteiger partial charge >= 0.3 is 5.97 Å². The molecule has 1 aliphatic rings. The maximum absolute atomic E-state index is 10.7. The van der Waals surface area contributed by atoms with Crippen LogP contribution in [0.25, 0.3) is 0 Å². The first-order valence-electron chi connectivity index (χ1n) is 4.38. The van der Waals surface area contributed by atoms with E-state index in [9.17, 15) is 4.79 Å². The predicted molar refractivity (Wildman–Crippen MR) is 43.3 cm³/mol. The third kappa shape index (κ3) is 1.97. The third-order valence-corrected chi connectivity index (χ3v) is 2.50. The van der Waals surface area contributed by atoms with Crippen LogP contribution in [0.1, 0.15) is 32.1 Å². The molecule has 0 bridgehead atoms. The quantitative estimate of drug-likeness (QED) is 0.605. The zero-order chi connectivity index (χ0) is 8.97. The molecule has 0 aromatic heterocycles. The molecule has 0 heterocycles. The summed E-state index contributed by atoms with van der Waals surface area (Å²) in [6, 6.07) is 2.09. The van der Waals surface area contributed by atoms with Gasteiger partial charge in [-0.1, -0.05) is 19.3 Å². The van der Waals surface area contributed by atoms with Crippen LogP contribution in [0.5, 0.6) is 0 Å². The largest absolute Gasteiger partial charge is 0.481 e. The zero-order valence-corrected chi connectivity index (χ0v) is 6.99. The van der Waals surface area contributed by atoms with Crippen molar-refractivity contribution in [3.63, 3.8) is 0 Å². The fraction of sp³-hybridized carbons (Fsp3) is 0.778. The molecule has 2 atom stereocenters. The van der Waals surface area contributed by atoms with Gasteiger partial charge in [-0.15, -0.1) is 0 Å². The second kappa shape index (κ2) is 4.10. The molecule has 3 nitrogen and oxygen atoms in total. The lowest BCUT2D eigenvalue weighted by Gasteiger charge is -2.13. The van der Waals surface area contributed by atoms with Crippen molar-refractivity contribution in [3.8, 4) is 6.07 Å². The number of nitrogens with zero attached hydrogens (tertiary/aromatic N) is 1. The Labute approximate surface area is 72.0 Å². The molecule has 3 heteroatoms. The number of rotatable bonds is 1. The fourth-order valence-corrected chi connectivity index (χ4v) is 1.76. The topological polar surface area (TPSA) is 61.1 Å². The lowest BCUT2D eigenvalue weighted by molar-refractivity contribution is -0.143. The molecule has 1 rings (SSSR count). The summed E-state index contributed by atoms with van der Waals surface area (Å²) in [6.45, 7) is 0. The average Bonchev–Trinajstić information content (AvgIpc) is 2.27. The molecule has 1 saturated carbocycles. The van der Waals surface area contributed by atoms with E-state index in [0.717, 1.165) is 25.7 Å². The van der Waals surface area contributed by atoms with E-state index in [-0.39, 0.29) is 5.92 Å². The van der Waals surface area contributed by atoms with Gasteiger partial charge in [0.25, 0.3) is 0 Å². The second-order valence-electron chi connectivity index (χ2n) is 3.32. The van der Waals surface area contributed by atoms with Crippen LogP contribution in [0.2, 0.25) is 0 Å². The van der Waals surface area contributed by atoms with Crippen LogP contribution in [-0.4, -0.2) is 11.1 Å². The molecule has 12 heavy (non-hydrogen) atoms. The molecule has 0 amide bonds. The van der Waals surface area contributed by atoms with Crippen molar-refractivity contribution in [1.82, 2.24) is 0 Å². The minimum absolute atomic E-state index is 0.259. The molecule has 1 N–H and O–H groups in total. The molecule has 0 spiro atoms. The Morgan fingerprint density at radius 3 is 2.58 bits per heavy atom. The van der Waals surface area contributed by atoms with Gasteiger partial charge in [-0.3, -0.25) is 4.79 Å². The molecule has 0 aromatic carbocycles. The van der Waals surface area contributed by atoms with Gasteiger partial charge in [0.2, 0.25) is 0 Å².